The van der Waals surface area contributed by atoms with E-state index in [1.807, 2.05) is 48.9 Å². The van der Waals surface area contributed by atoms with Gasteiger partial charge in [-0.25, -0.2) is 0 Å². The summed E-state index contributed by atoms with van der Waals surface area (Å²) in [5, 5.41) is 16.4. The van der Waals surface area contributed by atoms with E-state index in [1.54, 1.807) is 0 Å². The SMILES string of the molecule is CCn1nc(C)c(Cl)c1CC(O)c1cc2ccccc2o1. The zero-order valence-corrected chi connectivity index (χ0v) is 12.8. The van der Waals surface area contributed by atoms with Crippen LogP contribution in [0.5, 0.6) is 0 Å². The summed E-state index contributed by atoms with van der Waals surface area (Å²) in [5.41, 5.74) is 2.40. The van der Waals surface area contributed by atoms with E-state index in [0.717, 1.165) is 28.9 Å². The van der Waals surface area contributed by atoms with Crippen molar-refractivity contribution in [1.82, 2.24) is 9.78 Å². The van der Waals surface area contributed by atoms with E-state index in [9.17, 15) is 5.11 Å². The Balaban J connectivity index is 1.91. The lowest BCUT2D eigenvalue weighted by molar-refractivity contribution is 0.150. The van der Waals surface area contributed by atoms with Crippen molar-refractivity contribution in [3.8, 4) is 0 Å². The number of aryl methyl sites for hydroxylation is 2. The first-order valence-electron chi connectivity index (χ1n) is 6.98. The van der Waals surface area contributed by atoms with Gasteiger partial charge in [0.15, 0.2) is 0 Å². The third-order valence-corrected chi connectivity index (χ3v) is 4.10. The number of halogens is 1. The molecule has 0 bridgehead atoms. The normalized spacial score (nSPS) is 13.0. The van der Waals surface area contributed by atoms with Crippen LogP contribution in [0.3, 0.4) is 0 Å². The molecule has 0 aliphatic heterocycles. The summed E-state index contributed by atoms with van der Waals surface area (Å²) < 4.78 is 7.52. The summed E-state index contributed by atoms with van der Waals surface area (Å²) >= 11 is 6.28. The molecule has 0 spiro atoms. The second-order valence-electron chi connectivity index (χ2n) is 5.07. The van der Waals surface area contributed by atoms with Crippen LogP contribution in [0.15, 0.2) is 34.7 Å². The molecule has 0 radical (unpaired) electrons. The maximum Gasteiger partial charge on any atom is 0.134 e. The fraction of sp³-hybridized carbons (Fsp3) is 0.312. The number of aliphatic hydroxyl groups excluding tert-OH is 1. The number of fused-ring (bicyclic) bond motifs is 1. The third-order valence-electron chi connectivity index (χ3n) is 3.61. The monoisotopic (exact) mass is 304 g/mol. The number of furan rings is 1. The zero-order chi connectivity index (χ0) is 15.0. The molecule has 1 aromatic carbocycles. The number of rotatable bonds is 4. The highest BCUT2D eigenvalue weighted by atomic mass is 35.5. The highest BCUT2D eigenvalue weighted by Gasteiger charge is 2.20. The minimum Gasteiger partial charge on any atom is -0.458 e. The number of nitrogens with zero attached hydrogens (tertiary/aromatic N) is 2. The first kappa shape index (κ1) is 14.2. The Morgan fingerprint density at radius 3 is 2.86 bits per heavy atom. The van der Waals surface area contributed by atoms with Crippen LogP contribution < -0.4 is 0 Å². The molecule has 0 amide bonds. The standard InChI is InChI=1S/C16H17ClN2O2/c1-3-19-12(16(17)10(2)18-19)9-13(20)15-8-11-6-4-5-7-14(11)21-15/h4-8,13,20H,3,9H2,1-2H3. The maximum atomic E-state index is 10.4. The van der Waals surface area contributed by atoms with Crippen molar-refractivity contribution in [2.45, 2.75) is 32.9 Å². The van der Waals surface area contributed by atoms with E-state index in [-0.39, 0.29) is 0 Å². The van der Waals surface area contributed by atoms with Gasteiger partial charge in [-0.2, -0.15) is 5.10 Å². The molecule has 2 heterocycles. The summed E-state index contributed by atoms with van der Waals surface area (Å²) in [4.78, 5) is 0. The Kier molecular flexibility index (Phi) is 3.74. The van der Waals surface area contributed by atoms with Crippen molar-refractivity contribution in [1.29, 1.82) is 0 Å². The van der Waals surface area contributed by atoms with E-state index in [0.29, 0.717) is 17.2 Å². The first-order valence-corrected chi connectivity index (χ1v) is 7.36. The summed E-state index contributed by atoms with van der Waals surface area (Å²) in [5.74, 6) is 0.550. The predicted molar refractivity (Wildman–Crippen MR) is 82.5 cm³/mol. The number of para-hydroxylation sites is 1. The number of aromatic nitrogens is 2. The van der Waals surface area contributed by atoms with E-state index in [1.165, 1.54) is 0 Å². The van der Waals surface area contributed by atoms with Crippen LogP contribution in [0.25, 0.3) is 11.0 Å². The minimum atomic E-state index is -0.740. The second-order valence-corrected chi connectivity index (χ2v) is 5.45. The van der Waals surface area contributed by atoms with Gasteiger partial charge in [-0.15, -0.1) is 0 Å². The average Bonchev–Trinajstić information content (AvgIpc) is 3.03. The van der Waals surface area contributed by atoms with Crippen molar-refractivity contribution in [3.63, 3.8) is 0 Å². The Labute approximate surface area is 127 Å². The molecule has 1 atom stereocenters. The fourth-order valence-corrected chi connectivity index (χ4v) is 2.73. The van der Waals surface area contributed by atoms with Gasteiger partial charge in [-0.1, -0.05) is 29.8 Å². The smallest absolute Gasteiger partial charge is 0.134 e. The molecule has 1 unspecified atom stereocenters. The van der Waals surface area contributed by atoms with E-state index >= 15 is 0 Å². The zero-order valence-electron chi connectivity index (χ0n) is 12.0. The van der Waals surface area contributed by atoms with Crippen LogP contribution in [0.4, 0.5) is 0 Å². The van der Waals surface area contributed by atoms with E-state index in [4.69, 9.17) is 16.0 Å². The lowest BCUT2D eigenvalue weighted by Crippen LogP contribution is -2.08. The van der Waals surface area contributed by atoms with Crippen molar-refractivity contribution in [2.24, 2.45) is 0 Å². The van der Waals surface area contributed by atoms with Crippen LogP contribution >= 0.6 is 11.6 Å². The Hall–Kier alpha value is -1.78. The number of benzene rings is 1. The Morgan fingerprint density at radius 1 is 1.38 bits per heavy atom. The summed E-state index contributed by atoms with van der Waals surface area (Å²) in [6.45, 7) is 4.58. The molecule has 0 fully saturated rings. The molecule has 4 nitrogen and oxygen atoms in total. The van der Waals surface area contributed by atoms with E-state index in [2.05, 4.69) is 5.10 Å². The quantitative estimate of drug-likeness (QED) is 0.795. The van der Waals surface area contributed by atoms with Gasteiger partial charge in [-0.05, 0) is 26.0 Å². The van der Waals surface area contributed by atoms with E-state index < -0.39 is 6.10 Å². The highest BCUT2D eigenvalue weighted by Crippen LogP contribution is 2.29. The van der Waals surface area contributed by atoms with Gasteiger partial charge in [-0.3, -0.25) is 4.68 Å². The van der Waals surface area contributed by atoms with Gasteiger partial charge < -0.3 is 9.52 Å². The first-order chi connectivity index (χ1) is 10.1. The second kappa shape index (κ2) is 5.54. The molecule has 3 rings (SSSR count). The molecule has 0 aliphatic rings. The molecule has 0 saturated heterocycles. The molecular formula is C16H17ClN2O2. The lowest BCUT2D eigenvalue weighted by Gasteiger charge is -2.09. The Morgan fingerprint density at radius 2 is 2.14 bits per heavy atom. The van der Waals surface area contributed by atoms with Crippen molar-refractivity contribution in [3.05, 3.63) is 52.5 Å². The van der Waals surface area contributed by atoms with Gasteiger partial charge >= 0.3 is 0 Å². The van der Waals surface area contributed by atoms with Gasteiger partial charge in [0.2, 0.25) is 0 Å². The largest absolute Gasteiger partial charge is 0.458 e. The Bertz CT molecular complexity index is 743. The maximum absolute atomic E-state index is 10.4. The molecule has 1 N–H and O–H groups in total. The van der Waals surface area contributed by atoms with Gasteiger partial charge in [0.05, 0.1) is 16.4 Å². The molecule has 3 aromatic rings. The summed E-state index contributed by atoms with van der Waals surface area (Å²) in [6.07, 6.45) is -0.357. The predicted octanol–water partition coefficient (Wildman–Crippen LogP) is 3.89. The molecule has 0 aliphatic carbocycles. The molecule has 0 saturated carbocycles. The third kappa shape index (κ3) is 2.57. The molecular weight excluding hydrogens is 288 g/mol. The van der Waals surface area contributed by atoms with Gasteiger partial charge in [0, 0.05) is 18.4 Å². The van der Waals surface area contributed by atoms with Gasteiger partial charge in [0.1, 0.15) is 17.4 Å². The van der Waals surface area contributed by atoms with Crippen LogP contribution in [-0.4, -0.2) is 14.9 Å². The van der Waals surface area contributed by atoms with Crippen LogP contribution in [0.2, 0.25) is 5.02 Å². The topological polar surface area (TPSA) is 51.2 Å². The summed E-state index contributed by atoms with van der Waals surface area (Å²) in [7, 11) is 0. The lowest BCUT2D eigenvalue weighted by atomic mass is 10.1. The fourth-order valence-electron chi connectivity index (χ4n) is 2.51. The molecule has 2 aromatic heterocycles. The number of hydrogen-bond donors (Lipinski definition) is 1. The summed E-state index contributed by atoms with van der Waals surface area (Å²) in [6, 6.07) is 9.57. The molecule has 110 valence electrons. The average molecular weight is 305 g/mol. The highest BCUT2D eigenvalue weighted by molar-refractivity contribution is 6.31. The van der Waals surface area contributed by atoms with Gasteiger partial charge in [0.25, 0.3) is 0 Å². The van der Waals surface area contributed by atoms with Crippen molar-refractivity contribution >= 4 is 22.6 Å². The van der Waals surface area contributed by atoms with Crippen LogP contribution in [0, 0.1) is 6.92 Å². The van der Waals surface area contributed by atoms with Crippen LogP contribution in [0.1, 0.15) is 30.2 Å². The van der Waals surface area contributed by atoms with Crippen molar-refractivity contribution in [2.75, 3.05) is 0 Å². The molecule has 21 heavy (non-hydrogen) atoms. The molecule has 5 heteroatoms. The van der Waals surface area contributed by atoms with Crippen molar-refractivity contribution < 1.29 is 9.52 Å². The number of aliphatic hydroxyl groups is 1. The van der Waals surface area contributed by atoms with Crippen LogP contribution in [-0.2, 0) is 13.0 Å². The number of hydrogen-bond acceptors (Lipinski definition) is 3. The minimum absolute atomic E-state index is 0.382.